The Bertz CT molecular complexity index is 1240. The van der Waals surface area contributed by atoms with Crippen molar-refractivity contribution in [3.8, 4) is 17.2 Å². The molecule has 8 heteroatoms. The molecule has 2 heterocycles. The number of methoxy groups -OCH3 is 2. The Kier molecular flexibility index (Phi) is 5.64. The van der Waals surface area contributed by atoms with Crippen LogP contribution in [-0.2, 0) is 0 Å². The highest BCUT2D eigenvalue weighted by Crippen LogP contribution is 2.47. The van der Waals surface area contributed by atoms with E-state index < -0.39 is 6.23 Å². The predicted octanol–water partition coefficient (Wildman–Crippen LogP) is 5.76. The molecule has 0 saturated heterocycles. The summed E-state index contributed by atoms with van der Waals surface area (Å²) in [5, 5.41) is 7.38. The fraction of sp³-hybridized carbons (Fsp3) is 0.200. The maximum Gasteiger partial charge on any atom is 0.251 e. The zero-order chi connectivity index (χ0) is 23.1. The fourth-order valence-electron chi connectivity index (χ4n) is 4.14. The van der Waals surface area contributed by atoms with Gasteiger partial charge < -0.3 is 14.2 Å². The van der Waals surface area contributed by atoms with Crippen molar-refractivity contribution in [2.45, 2.75) is 18.7 Å². The molecule has 2 atom stereocenters. The van der Waals surface area contributed by atoms with E-state index in [1.165, 1.54) is 0 Å². The van der Waals surface area contributed by atoms with Crippen molar-refractivity contribution in [3.05, 3.63) is 87.4 Å². The molecular weight excluding hydrogens is 463 g/mol. The number of rotatable bonds is 5. The first kappa shape index (κ1) is 21.6. The molecule has 0 N–H and O–H groups in total. The highest BCUT2D eigenvalue weighted by atomic mass is 35.5. The summed E-state index contributed by atoms with van der Waals surface area (Å²) < 4.78 is 16.6. The van der Waals surface area contributed by atoms with Crippen LogP contribution >= 0.6 is 23.2 Å². The van der Waals surface area contributed by atoms with Gasteiger partial charge in [0.15, 0.2) is 0 Å². The number of ether oxygens (including phenoxy) is 3. The van der Waals surface area contributed by atoms with Crippen LogP contribution < -0.4 is 14.2 Å². The van der Waals surface area contributed by atoms with E-state index in [1.54, 1.807) is 49.6 Å². The van der Waals surface area contributed by atoms with Gasteiger partial charge in [0.1, 0.15) is 17.2 Å². The topological polar surface area (TPSA) is 60.4 Å². The normalized spacial score (nSPS) is 18.7. The average Bonchev–Trinajstić information content (AvgIpc) is 3.29. The smallest absolute Gasteiger partial charge is 0.251 e. The number of carbonyl (C=O) groups excluding carboxylic acids is 1. The Hall–Kier alpha value is -3.22. The van der Waals surface area contributed by atoms with Gasteiger partial charge in [-0.05, 0) is 66.2 Å². The maximum atomic E-state index is 13.5. The molecule has 3 aromatic rings. The Morgan fingerprint density at radius 2 is 1.64 bits per heavy atom. The van der Waals surface area contributed by atoms with E-state index in [0.29, 0.717) is 33.5 Å². The van der Waals surface area contributed by atoms with Crippen molar-refractivity contribution in [2.75, 3.05) is 14.2 Å². The van der Waals surface area contributed by atoms with E-state index in [1.807, 2.05) is 30.3 Å². The molecule has 0 amide bonds. The molecule has 0 unspecified atom stereocenters. The molecule has 0 aliphatic carbocycles. The summed E-state index contributed by atoms with van der Waals surface area (Å²) >= 11 is 12.8. The molecule has 2 aliphatic rings. The summed E-state index contributed by atoms with van der Waals surface area (Å²) in [6.07, 6.45) is -0.392. The third kappa shape index (κ3) is 3.90. The van der Waals surface area contributed by atoms with Crippen LogP contribution in [0.3, 0.4) is 0 Å². The molecule has 0 spiro atoms. The van der Waals surface area contributed by atoms with E-state index in [0.717, 1.165) is 22.6 Å². The van der Waals surface area contributed by atoms with Gasteiger partial charge in [0.05, 0.1) is 31.0 Å². The maximum absolute atomic E-state index is 13.5. The number of nitrogens with zero attached hydrogens (tertiary/aromatic N) is 2. The minimum absolute atomic E-state index is 0.223. The van der Waals surface area contributed by atoms with E-state index in [-0.39, 0.29) is 11.8 Å². The lowest BCUT2D eigenvalue weighted by molar-refractivity contribution is -0.00448. The van der Waals surface area contributed by atoms with Crippen molar-refractivity contribution in [3.63, 3.8) is 0 Å². The monoisotopic (exact) mass is 482 g/mol. The van der Waals surface area contributed by atoms with Gasteiger partial charge >= 0.3 is 0 Å². The fourth-order valence-corrected chi connectivity index (χ4v) is 4.70. The zero-order valence-electron chi connectivity index (χ0n) is 17.9. The number of halogens is 2. The minimum Gasteiger partial charge on any atom is -0.497 e. The van der Waals surface area contributed by atoms with Crippen molar-refractivity contribution in [1.82, 2.24) is 5.01 Å². The number of hydrazone groups is 1. The average molecular weight is 483 g/mol. The summed E-state index contributed by atoms with van der Waals surface area (Å²) in [4.78, 5) is 13.5. The number of carbonyl (C=O) groups is 1. The van der Waals surface area contributed by atoms with E-state index in [4.69, 9.17) is 42.5 Å². The number of ketones is 1. The number of hydrogen-bond donors (Lipinski definition) is 0. The Labute approximate surface area is 201 Å². The number of Topliss-reactive ketones (excluding diaryl/α,β-unsaturated/α-hetero) is 1. The van der Waals surface area contributed by atoms with Gasteiger partial charge in [-0.15, -0.1) is 0 Å². The number of hydrogen-bond acceptors (Lipinski definition) is 6. The molecule has 0 fully saturated rings. The Balaban J connectivity index is 1.56. The van der Waals surface area contributed by atoms with Gasteiger partial charge in [-0.2, -0.15) is 5.10 Å². The highest BCUT2D eigenvalue weighted by Gasteiger charge is 2.44. The van der Waals surface area contributed by atoms with Crippen LogP contribution in [0.2, 0.25) is 10.0 Å². The summed E-state index contributed by atoms with van der Waals surface area (Å²) in [7, 11) is 3.20. The third-order valence-electron chi connectivity index (χ3n) is 5.83. The first-order valence-corrected chi connectivity index (χ1v) is 11.1. The number of benzene rings is 3. The standard InChI is InChI=1S/C25H20Cl2N2O4/c1-31-17-7-3-14(4-8-17)21-13-22-19-11-16(26)12-20(27)24(19)33-25(29(22)28-21)23(30)15-5-9-18(32-2)10-6-15/h3-12,22,25H,13H2,1-2H3/t22-,25-/m0/s1. The van der Waals surface area contributed by atoms with Gasteiger partial charge in [-0.1, -0.05) is 23.2 Å². The second kappa shape index (κ2) is 8.61. The van der Waals surface area contributed by atoms with Crippen LogP contribution in [-0.4, -0.2) is 37.0 Å². The quantitative estimate of drug-likeness (QED) is 0.432. The second-order valence-corrected chi connectivity index (χ2v) is 8.59. The highest BCUT2D eigenvalue weighted by molar-refractivity contribution is 6.35. The molecular formula is C25H20Cl2N2O4. The SMILES string of the molecule is COc1ccc(C(=O)[C@@H]2Oc3c(Cl)cc(Cl)cc3[C@@H]3CC(c4ccc(OC)cc4)=NN23)cc1. The van der Waals surface area contributed by atoms with Crippen molar-refractivity contribution in [1.29, 1.82) is 0 Å². The van der Waals surface area contributed by atoms with Crippen LogP contribution in [0.5, 0.6) is 17.2 Å². The van der Waals surface area contributed by atoms with Crippen molar-refractivity contribution >= 4 is 34.7 Å². The minimum atomic E-state index is -0.967. The van der Waals surface area contributed by atoms with Crippen LogP contribution in [0.25, 0.3) is 0 Å². The van der Waals surface area contributed by atoms with Gasteiger partial charge in [0.2, 0.25) is 5.78 Å². The third-order valence-corrected chi connectivity index (χ3v) is 6.33. The second-order valence-electron chi connectivity index (χ2n) is 7.74. The molecule has 0 aromatic heterocycles. The molecule has 3 aromatic carbocycles. The summed E-state index contributed by atoms with van der Waals surface area (Å²) in [6, 6.07) is 17.8. The van der Waals surface area contributed by atoms with E-state index in [2.05, 4.69) is 0 Å². The van der Waals surface area contributed by atoms with E-state index in [9.17, 15) is 4.79 Å². The van der Waals surface area contributed by atoms with Crippen molar-refractivity contribution < 1.29 is 19.0 Å². The molecule has 2 aliphatic heterocycles. The Morgan fingerprint density at radius 1 is 1.00 bits per heavy atom. The van der Waals surface area contributed by atoms with Crippen LogP contribution in [0.4, 0.5) is 0 Å². The van der Waals surface area contributed by atoms with Crippen LogP contribution in [0.1, 0.15) is 33.9 Å². The molecule has 0 saturated carbocycles. The lowest BCUT2D eigenvalue weighted by Crippen LogP contribution is -2.46. The predicted molar refractivity (Wildman–Crippen MR) is 127 cm³/mol. The summed E-state index contributed by atoms with van der Waals surface area (Å²) in [5.41, 5.74) is 3.07. The molecule has 33 heavy (non-hydrogen) atoms. The van der Waals surface area contributed by atoms with Crippen LogP contribution in [0.15, 0.2) is 65.8 Å². The first-order valence-electron chi connectivity index (χ1n) is 10.3. The van der Waals surface area contributed by atoms with Crippen LogP contribution in [0, 0.1) is 0 Å². The van der Waals surface area contributed by atoms with Gasteiger partial charge in [0, 0.05) is 22.6 Å². The molecule has 5 rings (SSSR count). The molecule has 0 radical (unpaired) electrons. The summed E-state index contributed by atoms with van der Waals surface area (Å²) in [5.74, 6) is 1.66. The van der Waals surface area contributed by atoms with Gasteiger partial charge in [-0.25, -0.2) is 5.01 Å². The van der Waals surface area contributed by atoms with E-state index >= 15 is 0 Å². The van der Waals surface area contributed by atoms with Gasteiger partial charge in [0.25, 0.3) is 6.23 Å². The van der Waals surface area contributed by atoms with Gasteiger partial charge in [-0.3, -0.25) is 4.79 Å². The first-order chi connectivity index (χ1) is 16.0. The number of fused-ring (bicyclic) bond motifs is 3. The zero-order valence-corrected chi connectivity index (χ0v) is 19.4. The summed E-state index contributed by atoms with van der Waals surface area (Å²) in [6.45, 7) is 0. The largest absolute Gasteiger partial charge is 0.497 e. The lowest BCUT2D eigenvalue weighted by Gasteiger charge is -2.37. The Morgan fingerprint density at radius 3 is 2.27 bits per heavy atom. The molecule has 0 bridgehead atoms. The molecule has 168 valence electrons. The van der Waals surface area contributed by atoms with Crippen molar-refractivity contribution in [2.24, 2.45) is 5.10 Å². The lowest BCUT2D eigenvalue weighted by atomic mass is 9.95. The molecule has 6 nitrogen and oxygen atoms in total.